The van der Waals surface area contributed by atoms with Gasteiger partial charge in [0.1, 0.15) is 0 Å². The Morgan fingerprint density at radius 2 is 1.87 bits per heavy atom. The van der Waals surface area contributed by atoms with Crippen molar-refractivity contribution in [3.8, 4) is 0 Å². The molecule has 2 N–H and O–H groups in total. The average molecular weight is 376 g/mol. The topological polar surface area (TPSA) is 66.4 Å². The Hall–Kier alpha value is -2.14. The average Bonchev–Trinajstić information content (AvgIpc) is 2.51. The molecule has 2 rings (SSSR count). The monoisotopic (exact) mass is 375 g/mol. The highest BCUT2D eigenvalue weighted by molar-refractivity contribution is 9.10. The summed E-state index contributed by atoms with van der Waals surface area (Å²) < 4.78 is 0.898. The maximum Gasteiger partial charge on any atom is 0.307 e. The Labute approximate surface area is 143 Å². The zero-order valence-corrected chi connectivity index (χ0v) is 14.3. The molecule has 0 heterocycles. The predicted octanol–water partition coefficient (Wildman–Crippen LogP) is 4.03. The highest BCUT2D eigenvalue weighted by Gasteiger charge is 2.21. The quantitative estimate of drug-likeness (QED) is 0.800. The molecule has 0 unspecified atom stereocenters. The van der Waals surface area contributed by atoms with E-state index in [0.29, 0.717) is 12.1 Å². The van der Waals surface area contributed by atoms with E-state index in [2.05, 4.69) is 21.2 Å². The maximum absolute atomic E-state index is 12.1. The number of carbonyl (C=O) groups excluding carboxylic acids is 1. The van der Waals surface area contributed by atoms with Crippen molar-refractivity contribution >= 4 is 33.5 Å². The minimum atomic E-state index is -0.964. The van der Waals surface area contributed by atoms with E-state index in [0.717, 1.165) is 15.6 Å². The fourth-order valence-corrected chi connectivity index (χ4v) is 2.63. The summed E-state index contributed by atoms with van der Waals surface area (Å²) in [6, 6.07) is 14.8. The molecule has 0 saturated heterocycles. The van der Waals surface area contributed by atoms with Gasteiger partial charge in [0, 0.05) is 16.6 Å². The van der Waals surface area contributed by atoms with Crippen LogP contribution >= 0.6 is 15.9 Å². The minimum Gasteiger partial charge on any atom is -0.481 e. The third-order valence-electron chi connectivity index (χ3n) is 3.56. The van der Waals surface area contributed by atoms with E-state index in [1.807, 2.05) is 43.3 Å². The maximum atomic E-state index is 12.1. The number of rotatable bonds is 6. The van der Waals surface area contributed by atoms with Gasteiger partial charge < -0.3 is 10.4 Å². The molecule has 0 aliphatic rings. The SMILES string of the molecule is Cc1ccc(NC(=O)C[C@@H](Cc2ccccc2)C(=O)O)cc1Br. The van der Waals surface area contributed by atoms with Crippen LogP contribution in [-0.4, -0.2) is 17.0 Å². The highest BCUT2D eigenvalue weighted by Crippen LogP contribution is 2.21. The highest BCUT2D eigenvalue weighted by atomic mass is 79.9. The van der Waals surface area contributed by atoms with E-state index >= 15 is 0 Å². The molecule has 2 aromatic carbocycles. The Balaban J connectivity index is 2.00. The number of anilines is 1. The van der Waals surface area contributed by atoms with Crippen LogP contribution < -0.4 is 5.32 Å². The summed E-state index contributed by atoms with van der Waals surface area (Å²) in [6.07, 6.45) is 0.275. The molecular weight excluding hydrogens is 358 g/mol. The second-order valence-electron chi connectivity index (χ2n) is 5.44. The van der Waals surface area contributed by atoms with E-state index < -0.39 is 11.9 Å². The molecule has 0 aliphatic carbocycles. The molecule has 0 fully saturated rings. The van der Waals surface area contributed by atoms with Gasteiger partial charge in [-0.1, -0.05) is 52.3 Å². The summed E-state index contributed by atoms with van der Waals surface area (Å²) in [5.41, 5.74) is 2.62. The van der Waals surface area contributed by atoms with Crippen LogP contribution in [0.3, 0.4) is 0 Å². The van der Waals surface area contributed by atoms with Gasteiger partial charge in [-0.05, 0) is 36.6 Å². The normalized spacial score (nSPS) is 11.7. The summed E-state index contributed by atoms with van der Waals surface area (Å²) in [7, 11) is 0. The van der Waals surface area contributed by atoms with Crippen molar-refractivity contribution in [3.63, 3.8) is 0 Å². The van der Waals surface area contributed by atoms with Gasteiger partial charge in [-0.15, -0.1) is 0 Å². The lowest BCUT2D eigenvalue weighted by Crippen LogP contribution is -2.24. The van der Waals surface area contributed by atoms with Gasteiger partial charge >= 0.3 is 5.97 Å². The molecule has 4 nitrogen and oxygen atoms in total. The molecule has 0 aliphatic heterocycles. The number of nitrogens with one attached hydrogen (secondary N) is 1. The van der Waals surface area contributed by atoms with Crippen LogP contribution in [-0.2, 0) is 16.0 Å². The molecule has 0 saturated carbocycles. The lowest BCUT2D eigenvalue weighted by Gasteiger charge is -2.13. The molecule has 2 aromatic rings. The molecule has 23 heavy (non-hydrogen) atoms. The van der Waals surface area contributed by atoms with E-state index in [-0.39, 0.29) is 12.3 Å². The number of halogens is 1. The Bertz CT molecular complexity index is 701. The standard InChI is InChI=1S/C18H18BrNO3/c1-12-7-8-15(11-16(12)19)20-17(21)10-14(18(22)23)9-13-5-3-2-4-6-13/h2-8,11,14H,9-10H2,1H3,(H,20,21)(H,22,23)/t14-/m1/s1. The number of carboxylic acid groups (broad SMARTS) is 1. The number of benzene rings is 2. The summed E-state index contributed by atoms with van der Waals surface area (Å²) in [5, 5.41) is 12.1. The largest absolute Gasteiger partial charge is 0.481 e. The fraction of sp³-hybridized carbons (Fsp3) is 0.222. The van der Waals surface area contributed by atoms with Crippen LogP contribution in [0, 0.1) is 12.8 Å². The number of aryl methyl sites for hydroxylation is 1. The summed E-state index contributed by atoms with van der Waals surface area (Å²) in [6.45, 7) is 1.95. The fourth-order valence-electron chi connectivity index (χ4n) is 2.25. The number of aliphatic carboxylic acids is 1. The van der Waals surface area contributed by atoms with Crippen LogP contribution in [0.5, 0.6) is 0 Å². The van der Waals surface area contributed by atoms with Crippen LogP contribution in [0.15, 0.2) is 53.0 Å². The van der Waals surface area contributed by atoms with Gasteiger partial charge in [0.05, 0.1) is 5.92 Å². The van der Waals surface area contributed by atoms with Crippen LogP contribution in [0.1, 0.15) is 17.5 Å². The third-order valence-corrected chi connectivity index (χ3v) is 4.42. The number of carbonyl (C=O) groups is 2. The molecule has 0 bridgehead atoms. The van der Waals surface area contributed by atoms with Gasteiger partial charge in [0.25, 0.3) is 0 Å². The van der Waals surface area contributed by atoms with Gasteiger partial charge in [0.2, 0.25) is 5.91 Å². The van der Waals surface area contributed by atoms with Crippen LogP contribution in [0.25, 0.3) is 0 Å². The smallest absolute Gasteiger partial charge is 0.307 e. The first kappa shape index (κ1) is 17.2. The van der Waals surface area contributed by atoms with Crippen molar-refractivity contribution < 1.29 is 14.7 Å². The lowest BCUT2D eigenvalue weighted by molar-refractivity contribution is -0.143. The third kappa shape index (κ3) is 5.21. The van der Waals surface area contributed by atoms with Crippen molar-refractivity contribution in [1.82, 2.24) is 0 Å². The first-order valence-corrected chi connectivity index (χ1v) is 8.07. The Morgan fingerprint density at radius 1 is 1.17 bits per heavy atom. The van der Waals surface area contributed by atoms with E-state index in [1.54, 1.807) is 12.1 Å². The summed E-state index contributed by atoms with van der Waals surface area (Å²) >= 11 is 3.41. The molecule has 120 valence electrons. The number of hydrogen-bond donors (Lipinski definition) is 2. The zero-order valence-electron chi connectivity index (χ0n) is 12.8. The minimum absolute atomic E-state index is 0.0598. The molecular formula is C18H18BrNO3. The van der Waals surface area contributed by atoms with Gasteiger partial charge in [0.15, 0.2) is 0 Å². The first-order chi connectivity index (χ1) is 11.0. The Kier molecular flexibility index (Phi) is 5.93. The molecule has 5 heteroatoms. The molecule has 1 atom stereocenters. The lowest BCUT2D eigenvalue weighted by atomic mass is 9.96. The second kappa shape index (κ2) is 7.92. The van der Waals surface area contributed by atoms with Crippen molar-refractivity contribution in [1.29, 1.82) is 0 Å². The zero-order chi connectivity index (χ0) is 16.8. The predicted molar refractivity (Wildman–Crippen MR) is 93.4 cm³/mol. The van der Waals surface area contributed by atoms with Crippen molar-refractivity contribution in [2.24, 2.45) is 5.92 Å². The summed E-state index contributed by atoms with van der Waals surface area (Å²) in [5.74, 6) is -2.01. The van der Waals surface area contributed by atoms with Crippen molar-refractivity contribution in [2.75, 3.05) is 5.32 Å². The number of carboxylic acids is 1. The van der Waals surface area contributed by atoms with Crippen LogP contribution in [0.2, 0.25) is 0 Å². The number of hydrogen-bond acceptors (Lipinski definition) is 2. The van der Waals surface area contributed by atoms with Gasteiger partial charge in [-0.25, -0.2) is 0 Å². The van der Waals surface area contributed by atoms with Crippen molar-refractivity contribution in [2.45, 2.75) is 19.8 Å². The summed E-state index contributed by atoms with van der Waals surface area (Å²) in [4.78, 5) is 23.5. The van der Waals surface area contributed by atoms with Crippen molar-refractivity contribution in [3.05, 3.63) is 64.1 Å². The van der Waals surface area contributed by atoms with E-state index in [9.17, 15) is 14.7 Å². The van der Waals surface area contributed by atoms with E-state index in [1.165, 1.54) is 0 Å². The molecule has 0 radical (unpaired) electrons. The molecule has 1 amide bonds. The Morgan fingerprint density at radius 3 is 2.48 bits per heavy atom. The second-order valence-corrected chi connectivity index (χ2v) is 6.30. The van der Waals surface area contributed by atoms with Gasteiger partial charge in [-0.2, -0.15) is 0 Å². The van der Waals surface area contributed by atoms with Gasteiger partial charge in [-0.3, -0.25) is 9.59 Å². The number of amides is 1. The molecule has 0 spiro atoms. The molecule has 0 aromatic heterocycles. The first-order valence-electron chi connectivity index (χ1n) is 7.28. The van der Waals surface area contributed by atoms with E-state index in [4.69, 9.17) is 0 Å². The van der Waals surface area contributed by atoms with Crippen LogP contribution in [0.4, 0.5) is 5.69 Å².